The van der Waals surface area contributed by atoms with Crippen molar-refractivity contribution in [3.8, 4) is 11.1 Å². The van der Waals surface area contributed by atoms with Gasteiger partial charge in [0.15, 0.2) is 9.34 Å². The molecule has 1 heterocycles. The Morgan fingerprint density at radius 1 is 1.07 bits per heavy atom. The predicted molar refractivity (Wildman–Crippen MR) is 108 cm³/mol. The maximum absolute atomic E-state index is 12.4. The van der Waals surface area contributed by atoms with Gasteiger partial charge in [-0.1, -0.05) is 53.8 Å². The van der Waals surface area contributed by atoms with Crippen molar-refractivity contribution in [2.45, 2.75) is 11.1 Å². The summed E-state index contributed by atoms with van der Waals surface area (Å²) in [6, 6.07) is 16.9. The number of sulfonamides is 1. The molecule has 1 aromatic heterocycles. The van der Waals surface area contributed by atoms with Crippen LogP contribution in [-0.2, 0) is 10.0 Å². The number of thiazole rings is 1. The van der Waals surface area contributed by atoms with E-state index in [1.165, 1.54) is 18.9 Å². The van der Waals surface area contributed by atoms with Crippen LogP contribution < -0.4 is 15.4 Å². The van der Waals surface area contributed by atoms with Gasteiger partial charge in [0.25, 0.3) is 0 Å². The first-order valence-electron chi connectivity index (χ1n) is 7.96. The highest BCUT2D eigenvalue weighted by Gasteiger charge is 2.22. The van der Waals surface area contributed by atoms with Crippen LogP contribution in [0.2, 0.25) is 0 Å². The van der Waals surface area contributed by atoms with Gasteiger partial charge in [-0.15, -0.1) is 0 Å². The van der Waals surface area contributed by atoms with Crippen LogP contribution in [0.5, 0.6) is 0 Å². The van der Waals surface area contributed by atoms with E-state index in [9.17, 15) is 13.2 Å². The van der Waals surface area contributed by atoms with Gasteiger partial charge >= 0.3 is 6.03 Å². The van der Waals surface area contributed by atoms with Gasteiger partial charge in [-0.05, 0) is 30.2 Å². The van der Waals surface area contributed by atoms with Crippen molar-refractivity contribution in [3.05, 3.63) is 60.3 Å². The topological polar surface area (TPSA) is 105 Å². The highest BCUT2D eigenvalue weighted by molar-refractivity contribution is 7.91. The summed E-state index contributed by atoms with van der Waals surface area (Å²) in [5, 5.41) is 8.16. The second-order valence-corrected chi connectivity index (χ2v) is 8.58. The molecule has 2 aromatic carbocycles. The fraction of sp³-hybridized carbons (Fsp3) is 0.111. The first kappa shape index (κ1) is 19.0. The molecule has 0 fully saturated rings. The summed E-state index contributed by atoms with van der Waals surface area (Å²) in [6.45, 7) is 1.54. The summed E-state index contributed by atoms with van der Waals surface area (Å²) in [5.41, 5.74) is 3.01. The molecule has 9 heteroatoms. The van der Waals surface area contributed by atoms with E-state index in [2.05, 4.69) is 10.3 Å². The zero-order valence-corrected chi connectivity index (χ0v) is 16.3. The molecule has 0 radical (unpaired) electrons. The molecule has 0 aliphatic carbocycles. The van der Waals surface area contributed by atoms with E-state index in [-0.39, 0.29) is 15.0 Å². The molecule has 0 spiro atoms. The number of carbonyl (C=O) groups is 1. The lowest BCUT2D eigenvalue weighted by molar-refractivity contribution is 0.258. The summed E-state index contributed by atoms with van der Waals surface area (Å²) < 4.78 is 23.0. The largest absolute Gasteiger partial charge is 0.327 e. The summed E-state index contributed by atoms with van der Waals surface area (Å²) in [7, 11) is -2.35. The van der Waals surface area contributed by atoms with Crippen LogP contribution in [0.4, 0.5) is 15.6 Å². The Morgan fingerprint density at radius 3 is 2.22 bits per heavy atom. The van der Waals surface area contributed by atoms with E-state index in [0.29, 0.717) is 5.69 Å². The third-order valence-corrected chi connectivity index (χ3v) is 6.62. The van der Waals surface area contributed by atoms with Gasteiger partial charge in [0.1, 0.15) is 0 Å². The minimum atomic E-state index is -3.86. The maximum Gasteiger partial charge on any atom is 0.327 e. The number of hydrogen-bond donors (Lipinski definition) is 2. The molecule has 0 atom stereocenters. The molecular formula is C18H18N4O3S2. The van der Waals surface area contributed by atoms with Crippen LogP contribution in [-0.4, -0.2) is 26.5 Å². The molecule has 0 unspecified atom stereocenters. The lowest BCUT2D eigenvalue weighted by atomic mass is 10.1. The number of urea groups is 1. The van der Waals surface area contributed by atoms with Crippen LogP contribution in [0.25, 0.3) is 11.1 Å². The molecule has 3 aromatic rings. The Morgan fingerprint density at radius 2 is 1.67 bits per heavy atom. The van der Waals surface area contributed by atoms with Crippen molar-refractivity contribution in [1.82, 2.24) is 4.98 Å². The molecule has 27 heavy (non-hydrogen) atoms. The number of primary sulfonamides is 1. The standard InChI is InChI=1S/C18H18N4O3S2/c1-12-16(27(19,24)25)26-18(20-12)22(2)17(23)21-15-10-8-14(9-11-15)13-6-4-3-5-7-13/h3-11H,1-2H3,(H,21,23)(H2,19,24,25). The third kappa shape index (κ3) is 4.33. The second kappa shape index (κ2) is 7.47. The van der Waals surface area contributed by atoms with Crippen molar-refractivity contribution in [2.75, 3.05) is 17.3 Å². The monoisotopic (exact) mass is 402 g/mol. The number of anilines is 2. The number of aromatic nitrogens is 1. The van der Waals surface area contributed by atoms with Crippen molar-refractivity contribution >= 4 is 38.2 Å². The molecular weight excluding hydrogens is 384 g/mol. The fourth-order valence-electron chi connectivity index (χ4n) is 2.45. The van der Waals surface area contributed by atoms with Crippen LogP contribution in [0.15, 0.2) is 58.8 Å². The average molecular weight is 403 g/mol. The number of nitrogens with one attached hydrogen (secondary N) is 1. The maximum atomic E-state index is 12.4. The lowest BCUT2D eigenvalue weighted by Gasteiger charge is -2.15. The Kier molecular flexibility index (Phi) is 5.26. The first-order valence-corrected chi connectivity index (χ1v) is 10.3. The van der Waals surface area contributed by atoms with Crippen molar-refractivity contribution in [2.24, 2.45) is 5.14 Å². The quantitative estimate of drug-likeness (QED) is 0.697. The van der Waals surface area contributed by atoms with Gasteiger partial charge in [0.05, 0.1) is 5.69 Å². The summed E-state index contributed by atoms with van der Waals surface area (Å²) in [5.74, 6) is 0. The van der Waals surface area contributed by atoms with Crippen LogP contribution >= 0.6 is 11.3 Å². The van der Waals surface area contributed by atoms with Gasteiger partial charge in [0.2, 0.25) is 10.0 Å². The van der Waals surface area contributed by atoms with Gasteiger partial charge in [0, 0.05) is 12.7 Å². The third-order valence-electron chi connectivity index (χ3n) is 3.84. The molecule has 2 amide bonds. The fourth-order valence-corrected chi connectivity index (χ4v) is 4.35. The van der Waals surface area contributed by atoms with Gasteiger partial charge in [-0.2, -0.15) is 0 Å². The summed E-state index contributed by atoms with van der Waals surface area (Å²) in [6.07, 6.45) is 0. The normalized spacial score (nSPS) is 11.2. The SMILES string of the molecule is Cc1nc(N(C)C(=O)Nc2ccc(-c3ccccc3)cc2)sc1S(N)(=O)=O. The van der Waals surface area contributed by atoms with E-state index in [0.717, 1.165) is 22.5 Å². The van der Waals surface area contributed by atoms with Gasteiger partial charge in [-0.25, -0.2) is 23.3 Å². The second-order valence-electron chi connectivity index (χ2n) is 5.85. The van der Waals surface area contributed by atoms with Gasteiger partial charge < -0.3 is 5.32 Å². The summed E-state index contributed by atoms with van der Waals surface area (Å²) >= 11 is 0.854. The molecule has 0 saturated heterocycles. The van der Waals surface area contributed by atoms with E-state index in [4.69, 9.17) is 5.14 Å². The number of carbonyl (C=O) groups excluding carboxylic acids is 1. The van der Waals surface area contributed by atoms with Crippen LogP contribution in [0.1, 0.15) is 5.69 Å². The Bertz CT molecular complexity index is 1060. The zero-order valence-electron chi connectivity index (χ0n) is 14.7. The predicted octanol–water partition coefficient (Wildman–Crippen LogP) is 3.43. The molecule has 0 saturated carbocycles. The highest BCUT2D eigenvalue weighted by atomic mass is 32.2. The number of nitrogens with two attached hydrogens (primary N) is 1. The molecule has 3 rings (SSSR count). The van der Waals surface area contributed by atoms with E-state index in [1.807, 2.05) is 42.5 Å². The van der Waals surface area contributed by atoms with E-state index >= 15 is 0 Å². The molecule has 3 N–H and O–H groups in total. The Labute approximate surface area is 161 Å². The zero-order chi connectivity index (χ0) is 19.6. The summed E-state index contributed by atoms with van der Waals surface area (Å²) in [4.78, 5) is 17.8. The number of rotatable bonds is 4. The van der Waals surface area contributed by atoms with E-state index < -0.39 is 16.1 Å². The van der Waals surface area contributed by atoms with E-state index in [1.54, 1.807) is 12.1 Å². The van der Waals surface area contributed by atoms with Crippen LogP contribution in [0, 0.1) is 6.92 Å². The highest BCUT2D eigenvalue weighted by Crippen LogP contribution is 2.29. The molecule has 0 aliphatic heterocycles. The first-order chi connectivity index (χ1) is 12.8. The number of nitrogens with zero attached hydrogens (tertiary/aromatic N) is 2. The Hall–Kier alpha value is -2.75. The minimum Gasteiger partial charge on any atom is -0.307 e. The molecule has 0 aliphatic rings. The number of amides is 2. The number of hydrogen-bond acceptors (Lipinski definition) is 5. The number of aryl methyl sites for hydroxylation is 1. The minimum absolute atomic E-state index is 0.0515. The van der Waals surface area contributed by atoms with Crippen molar-refractivity contribution in [1.29, 1.82) is 0 Å². The Balaban J connectivity index is 1.73. The van der Waals surface area contributed by atoms with Crippen molar-refractivity contribution in [3.63, 3.8) is 0 Å². The molecule has 0 bridgehead atoms. The molecule has 140 valence electrons. The lowest BCUT2D eigenvalue weighted by Crippen LogP contribution is -2.31. The van der Waals surface area contributed by atoms with Gasteiger partial charge in [-0.3, -0.25) is 4.90 Å². The molecule has 7 nitrogen and oxygen atoms in total. The number of benzene rings is 2. The van der Waals surface area contributed by atoms with Crippen LogP contribution in [0.3, 0.4) is 0 Å². The average Bonchev–Trinajstić information content (AvgIpc) is 3.04. The smallest absolute Gasteiger partial charge is 0.307 e. The van der Waals surface area contributed by atoms with Crippen molar-refractivity contribution < 1.29 is 13.2 Å².